The van der Waals surface area contributed by atoms with Crippen LogP contribution in [0, 0.1) is 23.0 Å². The number of hydrogen-bond acceptors (Lipinski definition) is 4. The summed E-state index contributed by atoms with van der Waals surface area (Å²) in [7, 11) is 1.46. The highest BCUT2D eigenvalue weighted by atomic mass is 79.9. The van der Waals surface area contributed by atoms with Crippen LogP contribution in [0.15, 0.2) is 33.7 Å². The Hall–Kier alpha value is -2.58. The van der Waals surface area contributed by atoms with Crippen molar-refractivity contribution in [3.8, 4) is 5.69 Å². The van der Waals surface area contributed by atoms with E-state index in [4.69, 9.17) is 9.47 Å². The molecule has 38 heavy (non-hydrogen) atoms. The van der Waals surface area contributed by atoms with Crippen LogP contribution < -0.4 is 0 Å². The van der Waals surface area contributed by atoms with E-state index >= 15 is 0 Å². The van der Waals surface area contributed by atoms with Gasteiger partial charge in [-0.05, 0) is 95.1 Å². The predicted octanol–water partition coefficient (Wildman–Crippen LogP) is 6.94. The summed E-state index contributed by atoms with van der Waals surface area (Å²) in [5.74, 6) is -1.22. The van der Waals surface area contributed by atoms with Crippen LogP contribution in [0.1, 0.15) is 72.7 Å². The number of aliphatic imine (C=N–C) groups is 1. The zero-order valence-corrected chi connectivity index (χ0v) is 22.8. The van der Waals surface area contributed by atoms with E-state index in [1.165, 1.54) is 36.1 Å². The number of rotatable bonds is 4. The lowest BCUT2D eigenvalue weighted by Gasteiger charge is -2.57. The summed E-state index contributed by atoms with van der Waals surface area (Å²) < 4.78 is 42.5. The monoisotopic (exact) mass is 582 g/mol. The lowest BCUT2D eigenvalue weighted by Crippen LogP contribution is -2.49. The Morgan fingerprint density at radius 2 is 1.87 bits per heavy atom. The van der Waals surface area contributed by atoms with Crippen molar-refractivity contribution in [3.05, 3.63) is 62.8 Å². The number of esters is 1. The maximum atomic E-state index is 14.6. The first-order chi connectivity index (χ1) is 18.4. The molecule has 0 N–H and O–H groups in total. The number of halogens is 3. The van der Waals surface area contributed by atoms with Gasteiger partial charge in [0.2, 0.25) is 0 Å². The van der Waals surface area contributed by atoms with Crippen molar-refractivity contribution >= 4 is 39.0 Å². The lowest BCUT2D eigenvalue weighted by atomic mass is 9.47. The van der Waals surface area contributed by atoms with Gasteiger partial charge in [0.25, 0.3) is 0 Å². The number of ether oxygens (including phenoxy) is 2. The maximum absolute atomic E-state index is 14.6. The molecule has 1 spiro atoms. The molecule has 3 fully saturated rings. The molecule has 8 heteroatoms. The zero-order valence-electron chi connectivity index (χ0n) is 21.2. The zero-order chi connectivity index (χ0) is 26.2. The summed E-state index contributed by atoms with van der Waals surface area (Å²) in [6.07, 6.45) is 7.48. The average molecular weight is 583 g/mol. The van der Waals surface area contributed by atoms with Gasteiger partial charge in [0.1, 0.15) is 0 Å². The summed E-state index contributed by atoms with van der Waals surface area (Å²) in [6.45, 7) is 2.00. The Labute approximate surface area is 228 Å². The highest BCUT2D eigenvalue weighted by Gasteiger charge is 2.56. The summed E-state index contributed by atoms with van der Waals surface area (Å²) in [4.78, 5) is 16.6. The maximum Gasteiger partial charge on any atom is 0.308 e. The van der Waals surface area contributed by atoms with Gasteiger partial charge in [-0.25, -0.2) is 8.78 Å². The molecule has 2 saturated carbocycles. The standard InChI is InChI=1S/C30H29BrF2N2O3/c1-37-29(36)19-12-30(13-19)10-18(11-30)25-26-24(8-17-14-34-15-21(17)27(26)31)35(20-2-3-22(32)23(33)9-20)28(25)16-4-6-38-7-5-16/h2-3,8-9,14,16,18-19H,4-7,10-13,15H2,1H3. The Morgan fingerprint density at radius 3 is 2.58 bits per heavy atom. The third kappa shape index (κ3) is 3.63. The summed E-state index contributed by atoms with van der Waals surface area (Å²) in [6, 6.07) is 6.36. The molecule has 7 rings (SSSR count). The number of methoxy groups -OCH3 is 1. The topological polar surface area (TPSA) is 52.8 Å². The van der Waals surface area contributed by atoms with E-state index in [1.807, 2.05) is 6.21 Å². The van der Waals surface area contributed by atoms with Crippen molar-refractivity contribution in [2.75, 3.05) is 20.3 Å². The van der Waals surface area contributed by atoms with Gasteiger partial charge in [0.15, 0.2) is 11.6 Å². The average Bonchev–Trinajstić information content (AvgIpc) is 3.48. The minimum atomic E-state index is -0.850. The second kappa shape index (κ2) is 8.98. The summed E-state index contributed by atoms with van der Waals surface area (Å²) >= 11 is 3.96. The Balaban J connectivity index is 1.41. The predicted molar refractivity (Wildman–Crippen MR) is 144 cm³/mol. The molecule has 198 valence electrons. The van der Waals surface area contributed by atoms with Crippen LogP contribution in [0.2, 0.25) is 0 Å². The van der Waals surface area contributed by atoms with Crippen molar-refractivity contribution in [2.24, 2.45) is 16.3 Å². The Bertz CT molecular complexity index is 1490. The molecule has 2 aliphatic carbocycles. The van der Waals surface area contributed by atoms with Crippen LogP contribution >= 0.6 is 15.9 Å². The molecule has 2 aromatic carbocycles. The van der Waals surface area contributed by atoms with Crippen molar-refractivity contribution in [2.45, 2.75) is 56.9 Å². The molecular weight excluding hydrogens is 554 g/mol. The van der Waals surface area contributed by atoms with Gasteiger partial charge < -0.3 is 14.0 Å². The molecule has 0 atom stereocenters. The molecule has 4 aliphatic rings. The fourth-order valence-corrected chi connectivity index (χ4v) is 8.32. The SMILES string of the molecule is COC(=O)C1CC2(C1)CC(c1c(C3CCOCC3)n(-c3ccc(F)c(F)c3)c3cc4c(c(Br)c13)CN=C4)C2. The van der Waals surface area contributed by atoms with E-state index in [0.29, 0.717) is 31.4 Å². The lowest BCUT2D eigenvalue weighted by molar-refractivity contribution is -0.159. The molecule has 0 radical (unpaired) electrons. The van der Waals surface area contributed by atoms with Gasteiger partial charge >= 0.3 is 5.97 Å². The van der Waals surface area contributed by atoms with Crippen LogP contribution in [0.4, 0.5) is 8.78 Å². The quantitative estimate of drug-likeness (QED) is 0.313. The van der Waals surface area contributed by atoms with Crippen molar-refractivity contribution in [1.29, 1.82) is 0 Å². The second-order valence-electron chi connectivity index (χ2n) is 11.5. The third-order valence-corrected chi connectivity index (χ3v) is 10.2. The molecule has 0 amide bonds. The molecule has 3 aromatic rings. The van der Waals surface area contributed by atoms with Crippen LogP contribution in [0.5, 0.6) is 0 Å². The van der Waals surface area contributed by atoms with Gasteiger partial charge in [0, 0.05) is 58.2 Å². The van der Waals surface area contributed by atoms with Crippen LogP contribution in [0.25, 0.3) is 16.6 Å². The summed E-state index contributed by atoms with van der Waals surface area (Å²) in [5, 5.41) is 1.16. The van der Waals surface area contributed by atoms with Gasteiger partial charge in [-0.15, -0.1) is 0 Å². The number of carbonyl (C=O) groups excluding carboxylic acids is 1. The molecule has 0 unspecified atom stereocenters. The molecule has 5 nitrogen and oxygen atoms in total. The number of aromatic nitrogens is 1. The van der Waals surface area contributed by atoms with E-state index in [0.717, 1.165) is 59.5 Å². The molecule has 3 heterocycles. The van der Waals surface area contributed by atoms with E-state index in [2.05, 4.69) is 31.6 Å². The minimum Gasteiger partial charge on any atom is -0.469 e. The number of hydrogen-bond donors (Lipinski definition) is 0. The molecular formula is C30H29BrF2N2O3. The normalized spacial score (nSPS) is 26.4. The van der Waals surface area contributed by atoms with E-state index in [-0.39, 0.29) is 23.2 Å². The first-order valence-electron chi connectivity index (χ1n) is 13.4. The highest BCUT2D eigenvalue weighted by Crippen LogP contribution is 2.66. The molecule has 1 aromatic heterocycles. The number of fused-ring (bicyclic) bond motifs is 2. The molecule has 1 saturated heterocycles. The van der Waals surface area contributed by atoms with Crippen molar-refractivity contribution < 1.29 is 23.0 Å². The minimum absolute atomic E-state index is 0.00611. The van der Waals surface area contributed by atoms with Gasteiger partial charge in [-0.1, -0.05) is 0 Å². The second-order valence-corrected chi connectivity index (χ2v) is 12.3. The van der Waals surface area contributed by atoms with Crippen LogP contribution in [0.3, 0.4) is 0 Å². The first-order valence-corrected chi connectivity index (χ1v) is 14.2. The van der Waals surface area contributed by atoms with Gasteiger partial charge in [-0.3, -0.25) is 9.79 Å². The number of benzene rings is 2. The first kappa shape index (κ1) is 24.5. The van der Waals surface area contributed by atoms with E-state index in [9.17, 15) is 13.6 Å². The summed E-state index contributed by atoms with van der Waals surface area (Å²) in [5.41, 5.74) is 6.55. The van der Waals surface area contributed by atoms with Gasteiger partial charge in [-0.2, -0.15) is 0 Å². The fourth-order valence-electron chi connectivity index (χ4n) is 7.55. The Kier molecular flexibility index (Phi) is 5.78. The fraction of sp³-hybridized carbons (Fsp3) is 0.467. The number of nitrogens with zero attached hydrogens (tertiary/aromatic N) is 2. The van der Waals surface area contributed by atoms with Crippen LogP contribution in [-0.2, 0) is 20.8 Å². The smallest absolute Gasteiger partial charge is 0.308 e. The third-order valence-electron chi connectivity index (χ3n) is 9.32. The number of carbonyl (C=O) groups is 1. The Morgan fingerprint density at radius 1 is 1.11 bits per heavy atom. The van der Waals surface area contributed by atoms with Crippen molar-refractivity contribution in [1.82, 2.24) is 4.57 Å². The van der Waals surface area contributed by atoms with Crippen LogP contribution in [-0.4, -0.2) is 37.1 Å². The van der Waals surface area contributed by atoms with E-state index in [1.54, 1.807) is 6.07 Å². The largest absolute Gasteiger partial charge is 0.469 e. The highest BCUT2D eigenvalue weighted by molar-refractivity contribution is 9.10. The van der Waals surface area contributed by atoms with E-state index < -0.39 is 11.6 Å². The van der Waals surface area contributed by atoms with Gasteiger partial charge in [0.05, 0.1) is 25.1 Å². The molecule has 0 bridgehead atoms. The van der Waals surface area contributed by atoms with Crippen molar-refractivity contribution in [3.63, 3.8) is 0 Å². The molecule has 2 aliphatic heterocycles.